The Kier molecular flexibility index (Phi) is 6.86. The molecule has 0 amide bonds. The molecule has 188 valence electrons. The minimum Gasteiger partial charge on any atom is -0.391 e. The van der Waals surface area contributed by atoms with E-state index in [0.717, 1.165) is 24.1 Å². The number of benzene rings is 4. The Morgan fingerprint density at radius 3 is 1.84 bits per heavy atom. The topological polar surface area (TPSA) is 39.4 Å². The Hall–Kier alpha value is -4.44. The number of aromatic nitrogens is 2. The van der Waals surface area contributed by atoms with Gasteiger partial charge in [0.05, 0.1) is 12.0 Å². The minimum atomic E-state index is -0.522. The predicted molar refractivity (Wildman–Crippen MR) is 152 cm³/mol. The summed E-state index contributed by atoms with van der Waals surface area (Å²) in [5.74, 6) is 0.985. The first-order valence-corrected chi connectivity index (χ1v) is 13.2. The van der Waals surface area contributed by atoms with E-state index in [1.54, 1.807) is 0 Å². The summed E-state index contributed by atoms with van der Waals surface area (Å²) in [5, 5.41) is 4.19. The summed E-state index contributed by atoms with van der Waals surface area (Å²) in [4.78, 5) is 10.4. The van der Waals surface area contributed by atoms with Crippen LogP contribution in [0.15, 0.2) is 139 Å². The second-order valence-electron chi connectivity index (χ2n) is 9.90. The van der Waals surface area contributed by atoms with Gasteiger partial charge < -0.3 is 9.40 Å². The van der Waals surface area contributed by atoms with Crippen molar-refractivity contribution in [3.05, 3.63) is 162 Å². The van der Waals surface area contributed by atoms with Gasteiger partial charge in [-0.05, 0) is 41.0 Å². The maximum Gasteiger partial charge on any atom is 0.142 e. The largest absolute Gasteiger partial charge is 0.391 e. The van der Waals surface area contributed by atoms with Crippen LogP contribution in [-0.2, 0) is 17.0 Å². The number of imidazole rings is 1. The van der Waals surface area contributed by atoms with Crippen molar-refractivity contribution in [2.45, 2.75) is 30.9 Å². The van der Waals surface area contributed by atoms with E-state index in [1.165, 1.54) is 16.7 Å². The van der Waals surface area contributed by atoms with Gasteiger partial charge in [0.1, 0.15) is 12.1 Å². The Labute approximate surface area is 224 Å². The van der Waals surface area contributed by atoms with Crippen LogP contribution in [-0.4, -0.2) is 15.8 Å². The van der Waals surface area contributed by atoms with E-state index in [9.17, 15) is 0 Å². The Morgan fingerprint density at radius 2 is 1.29 bits per heavy atom. The van der Waals surface area contributed by atoms with Gasteiger partial charge in [0.15, 0.2) is 0 Å². The van der Waals surface area contributed by atoms with Gasteiger partial charge in [-0.2, -0.15) is 0 Å². The molecule has 1 fully saturated rings. The molecule has 0 aliphatic heterocycles. The zero-order valence-corrected chi connectivity index (χ0v) is 21.3. The molecule has 4 nitrogen and oxygen atoms in total. The summed E-state index contributed by atoms with van der Waals surface area (Å²) < 4.78 is 2.30. The monoisotopic (exact) mass is 497 g/mol. The Balaban J connectivity index is 1.26. The highest BCUT2D eigenvalue weighted by Crippen LogP contribution is 2.49. The van der Waals surface area contributed by atoms with Gasteiger partial charge in [-0.1, -0.05) is 126 Å². The molecule has 4 aromatic carbocycles. The van der Waals surface area contributed by atoms with Crippen molar-refractivity contribution in [3.8, 4) is 0 Å². The maximum absolute atomic E-state index is 5.48. The number of oxime groups is 1. The lowest BCUT2D eigenvalue weighted by atomic mass is 9.77. The second kappa shape index (κ2) is 10.9. The van der Waals surface area contributed by atoms with Gasteiger partial charge in [-0.25, -0.2) is 4.98 Å². The van der Waals surface area contributed by atoms with Crippen molar-refractivity contribution in [3.63, 3.8) is 0 Å². The van der Waals surface area contributed by atoms with Crippen molar-refractivity contribution in [2.24, 2.45) is 11.1 Å². The highest BCUT2D eigenvalue weighted by molar-refractivity contribution is 5.58. The summed E-state index contributed by atoms with van der Waals surface area (Å²) in [7, 11) is 0. The van der Waals surface area contributed by atoms with E-state index < -0.39 is 5.54 Å². The van der Waals surface area contributed by atoms with Crippen LogP contribution in [0.3, 0.4) is 0 Å². The third-order valence-electron chi connectivity index (χ3n) is 7.50. The summed E-state index contributed by atoms with van der Waals surface area (Å²) in [6.45, 7) is 0.496. The van der Waals surface area contributed by atoms with Gasteiger partial charge in [0.2, 0.25) is 0 Å². The standard InChI is InChI=1S/C34H31N3O/c1-5-13-27(14-6-1)25-38-36-22-21-28-23-32(28)33-24-37(26-35-33)34(29-15-7-2-8-16-29,30-17-9-3-10-18-30)31-19-11-4-12-20-31/h1-20,22,24,26,28,32H,21,23,25H2/b36-22+/t28-,32+/m1/s1. The highest BCUT2D eigenvalue weighted by Gasteiger charge is 2.42. The summed E-state index contributed by atoms with van der Waals surface area (Å²) in [6.07, 6.45) is 8.19. The van der Waals surface area contributed by atoms with Crippen LogP contribution in [0, 0.1) is 5.92 Å². The lowest BCUT2D eigenvalue weighted by Gasteiger charge is -2.37. The number of hydrogen-bond acceptors (Lipinski definition) is 3. The third-order valence-corrected chi connectivity index (χ3v) is 7.50. The number of hydrogen-bond donors (Lipinski definition) is 0. The first kappa shape index (κ1) is 23.9. The molecular weight excluding hydrogens is 466 g/mol. The van der Waals surface area contributed by atoms with Crippen molar-refractivity contribution < 1.29 is 4.84 Å². The molecule has 0 saturated heterocycles. The predicted octanol–water partition coefficient (Wildman–Crippen LogP) is 7.42. The molecule has 1 heterocycles. The molecule has 0 spiro atoms. The van der Waals surface area contributed by atoms with Crippen molar-refractivity contribution in [1.82, 2.24) is 9.55 Å². The number of rotatable bonds is 10. The molecule has 6 rings (SSSR count). The summed E-state index contributed by atoms with van der Waals surface area (Å²) in [6, 6.07) is 42.3. The summed E-state index contributed by atoms with van der Waals surface area (Å²) in [5.41, 5.74) is 5.36. The highest BCUT2D eigenvalue weighted by atomic mass is 16.6. The average molecular weight is 498 g/mol. The first-order chi connectivity index (χ1) is 18.9. The molecule has 1 saturated carbocycles. The van der Waals surface area contributed by atoms with Gasteiger partial charge in [-0.15, -0.1) is 0 Å². The van der Waals surface area contributed by atoms with Crippen LogP contribution >= 0.6 is 0 Å². The molecule has 38 heavy (non-hydrogen) atoms. The first-order valence-electron chi connectivity index (χ1n) is 13.2. The molecule has 1 aliphatic rings. The molecule has 1 aliphatic carbocycles. The smallest absolute Gasteiger partial charge is 0.142 e. The van der Waals surface area contributed by atoms with E-state index >= 15 is 0 Å². The van der Waals surface area contributed by atoms with Crippen LogP contribution < -0.4 is 0 Å². The maximum atomic E-state index is 5.48. The van der Waals surface area contributed by atoms with E-state index in [4.69, 9.17) is 9.82 Å². The van der Waals surface area contributed by atoms with Crippen LogP contribution in [0.1, 0.15) is 46.7 Å². The Morgan fingerprint density at radius 1 is 0.763 bits per heavy atom. The molecule has 0 radical (unpaired) electrons. The fourth-order valence-corrected chi connectivity index (χ4v) is 5.49. The van der Waals surface area contributed by atoms with Crippen LogP contribution in [0.5, 0.6) is 0 Å². The minimum absolute atomic E-state index is 0.442. The Bertz CT molecular complexity index is 1370. The van der Waals surface area contributed by atoms with Crippen LogP contribution in [0.2, 0.25) is 0 Å². The van der Waals surface area contributed by atoms with Crippen molar-refractivity contribution >= 4 is 6.21 Å². The quantitative estimate of drug-likeness (QED) is 0.114. The lowest BCUT2D eigenvalue weighted by molar-refractivity contribution is 0.131. The third kappa shape index (κ3) is 4.78. The second-order valence-corrected chi connectivity index (χ2v) is 9.90. The lowest BCUT2D eigenvalue weighted by Crippen LogP contribution is -2.36. The molecular formula is C34H31N3O. The van der Waals surface area contributed by atoms with Gasteiger partial charge >= 0.3 is 0 Å². The fourth-order valence-electron chi connectivity index (χ4n) is 5.49. The van der Waals surface area contributed by atoms with E-state index in [0.29, 0.717) is 18.4 Å². The average Bonchev–Trinajstić information content (AvgIpc) is 3.60. The number of nitrogens with zero attached hydrogens (tertiary/aromatic N) is 3. The normalized spacial score (nSPS) is 16.9. The molecule has 5 aromatic rings. The van der Waals surface area contributed by atoms with E-state index in [1.807, 2.05) is 42.9 Å². The van der Waals surface area contributed by atoms with Gasteiger partial charge in [0, 0.05) is 18.3 Å². The molecule has 0 N–H and O–H groups in total. The molecule has 0 bridgehead atoms. The van der Waals surface area contributed by atoms with Crippen molar-refractivity contribution in [2.75, 3.05) is 0 Å². The molecule has 0 unspecified atom stereocenters. The van der Waals surface area contributed by atoms with E-state index in [-0.39, 0.29) is 0 Å². The zero-order chi connectivity index (χ0) is 25.6. The zero-order valence-electron chi connectivity index (χ0n) is 21.3. The van der Waals surface area contributed by atoms with Gasteiger partial charge in [0.25, 0.3) is 0 Å². The van der Waals surface area contributed by atoms with Crippen LogP contribution in [0.4, 0.5) is 0 Å². The van der Waals surface area contributed by atoms with Crippen LogP contribution in [0.25, 0.3) is 0 Å². The molecule has 1 aromatic heterocycles. The molecule has 2 atom stereocenters. The fraction of sp³-hybridized carbons (Fsp3) is 0.176. The van der Waals surface area contributed by atoms with E-state index in [2.05, 4.69) is 107 Å². The molecule has 4 heteroatoms. The van der Waals surface area contributed by atoms with Gasteiger partial charge in [-0.3, -0.25) is 0 Å². The SMILES string of the molecule is C(/C[C@@H]1C[C@@H]1c1cn(C(c2ccccc2)(c2ccccc2)c2ccccc2)cn1)=N\OCc1ccccc1. The summed E-state index contributed by atoms with van der Waals surface area (Å²) >= 11 is 0. The van der Waals surface area contributed by atoms with Crippen molar-refractivity contribution in [1.29, 1.82) is 0 Å².